The fourth-order valence-electron chi connectivity index (χ4n) is 2.84. The molecule has 1 fully saturated rings. The van der Waals surface area contributed by atoms with Gasteiger partial charge in [0.1, 0.15) is 6.10 Å². The molecule has 0 saturated carbocycles. The van der Waals surface area contributed by atoms with Crippen molar-refractivity contribution in [3.05, 3.63) is 48.0 Å². The third-order valence-electron chi connectivity index (χ3n) is 4.34. The number of hydrogen-bond donors (Lipinski definition) is 1. The van der Waals surface area contributed by atoms with Gasteiger partial charge in [0, 0.05) is 37.5 Å². The van der Waals surface area contributed by atoms with E-state index >= 15 is 0 Å². The van der Waals surface area contributed by atoms with Gasteiger partial charge >= 0.3 is 0 Å². The Hall–Kier alpha value is -1.95. The molecule has 5 nitrogen and oxygen atoms in total. The number of aromatic nitrogens is 1. The smallest absolute Gasteiger partial charge is 0.214 e. The van der Waals surface area contributed by atoms with Crippen molar-refractivity contribution in [1.29, 1.82) is 0 Å². The fourth-order valence-corrected chi connectivity index (χ4v) is 2.84. The quantitative estimate of drug-likeness (QED) is 0.791. The van der Waals surface area contributed by atoms with Crippen LogP contribution >= 0.6 is 0 Å². The van der Waals surface area contributed by atoms with E-state index in [1.165, 1.54) is 0 Å². The van der Waals surface area contributed by atoms with Crippen molar-refractivity contribution in [1.82, 2.24) is 10.3 Å². The highest BCUT2D eigenvalue weighted by Gasteiger charge is 2.24. The second kappa shape index (κ2) is 7.75. The van der Waals surface area contributed by atoms with Crippen molar-refractivity contribution >= 4 is 0 Å². The van der Waals surface area contributed by atoms with Gasteiger partial charge in [-0.15, -0.1) is 0 Å². The molecule has 1 N–H and O–H groups in total. The summed E-state index contributed by atoms with van der Waals surface area (Å²) in [7, 11) is 3.26. The van der Waals surface area contributed by atoms with Crippen LogP contribution in [0.15, 0.2) is 42.5 Å². The third kappa shape index (κ3) is 3.75. The molecule has 0 bridgehead atoms. The first-order valence-electron chi connectivity index (χ1n) is 8.24. The molecule has 24 heavy (non-hydrogen) atoms. The normalized spacial score (nSPS) is 18.2. The molecule has 0 radical (unpaired) electrons. The van der Waals surface area contributed by atoms with Crippen LogP contribution in [0.25, 0.3) is 11.3 Å². The first kappa shape index (κ1) is 16.9. The molecule has 1 aliphatic rings. The number of ether oxygens (including phenoxy) is 3. The molecule has 2 heterocycles. The lowest BCUT2D eigenvalue weighted by atomic mass is 10.0. The molecule has 1 aliphatic heterocycles. The standard InChI is InChI=1S/C19H24N2O3/c1-13(16-10-11-20-16)24-18-9-5-8-17(21-18)14-6-4-7-15(12-14)19(22-2)23-3/h4-9,12-13,16,19-20H,10-11H2,1-3H3/t13-,16?/m1/s1. The van der Waals surface area contributed by atoms with E-state index in [-0.39, 0.29) is 12.4 Å². The number of nitrogens with one attached hydrogen (secondary N) is 1. The maximum atomic E-state index is 5.98. The summed E-state index contributed by atoms with van der Waals surface area (Å²) in [4.78, 5) is 4.64. The number of hydrogen-bond acceptors (Lipinski definition) is 5. The molecule has 1 unspecified atom stereocenters. The molecule has 2 aromatic rings. The minimum atomic E-state index is -0.380. The maximum Gasteiger partial charge on any atom is 0.214 e. The van der Waals surface area contributed by atoms with Crippen molar-refractivity contribution < 1.29 is 14.2 Å². The lowest BCUT2D eigenvalue weighted by Gasteiger charge is -2.32. The molecule has 1 aromatic heterocycles. The molecular weight excluding hydrogens is 304 g/mol. The second-order valence-corrected chi connectivity index (χ2v) is 5.96. The van der Waals surface area contributed by atoms with E-state index < -0.39 is 0 Å². The number of rotatable bonds is 7. The third-order valence-corrected chi connectivity index (χ3v) is 4.34. The topological polar surface area (TPSA) is 52.6 Å². The summed E-state index contributed by atoms with van der Waals surface area (Å²) in [5.41, 5.74) is 2.83. The second-order valence-electron chi connectivity index (χ2n) is 5.96. The number of pyridine rings is 1. The van der Waals surface area contributed by atoms with Gasteiger partial charge in [0.25, 0.3) is 0 Å². The van der Waals surface area contributed by atoms with Crippen LogP contribution in [0.4, 0.5) is 0 Å². The number of methoxy groups -OCH3 is 2. The zero-order valence-electron chi connectivity index (χ0n) is 14.4. The highest BCUT2D eigenvalue weighted by atomic mass is 16.7. The van der Waals surface area contributed by atoms with Crippen molar-refractivity contribution in [3.8, 4) is 17.1 Å². The Morgan fingerprint density at radius 3 is 2.54 bits per heavy atom. The van der Waals surface area contributed by atoms with Gasteiger partial charge in [-0.1, -0.05) is 24.3 Å². The summed E-state index contributed by atoms with van der Waals surface area (Å²) in [5.74, 6) is 0.647. The fraction of sp³-hybridized carbons (Fsp3) is 0.421. The van der Waals surface area contributed by atoms with E-state index in [1.807, 2.05) is 42.5 Å². The highest BCUT2D eigenvalue weighted by Crippen LogP contribution is 2.25. The van der Waals surface area contributed by atoms with E-state index in [1.54, 1.807) is 14.2 Å². The summed E-state index contributed by atoms with van der Waals surface area (Å²) >= 11 is 0. The van der Waals surface area contributed by atoms with Crippen LogP contribution < -0.4 is 10.1 Å². The zero-order chi connectivity index (χ0) is 16.9. The largest absolute Gasteiger partial charge is 0.473 e. The monoisotopic (exact) mass is 328 g/mol. The lowest BCUT2D eigenvalue weighted by molar-refractivity contribution is -0.105. The van der Waals surface area contributed by atoms with Crippen LogP contribution in [0.1, 0.15) is 25.2 Å². The van der Waals surface area contributed by atoms with Gasteiger partial charge in [-0.25, -0.2) is 4.98 Å². The van der Waals surface area contributed by atoms with Crippen molar-refractivity contribution in [3.63, 3.8) is 0 Å². The Balaban J connectivity index is 1.79. The maximum absolute atomic E-state index is 5.98. The Bertz CT molecular complexity index is 669. The summed E-state index contributed by atoms with van der Waals surface area (Å²) in [6.07, 6.45) is 0.881. The molecule has 5 heteroatoms. The molecule has 3 rings (SSSR count). The van der Waals surface area contributed by atoms with Crippen LogP contribution in [0.3, 0.4) is 0 Å². The molecule has 2 atom stereocenters. The molecule has 0 amide bonds. The van der Waals surface area contributed by atoms with Crippen LogP contribution in [0.5, 0.6) is 5.88 Å². The molecule has 0 aliphatic carbocycles. The predicted octanol–water partition coefficient (Wildman–Crippen LogP) is 3.17. The van der Waals surface area contributed by atoms with Gasteiger partial charge in [-0.3, -0.25) is 0 Å². The van der Waals surface area contributed by atoms with Crippen molar-refractivity contribution in [2.24, 2.45) is 0 Å². The van der Waals surface area contributed by atoms with Gasteiger partial charge in [0.15, 0.2) is 6.29 Å². The Kier molecular flexibility index (Phi) is 5.45. The van der Waals surface area contributed by atoms with Gasteiger partial charge in [0.05, 0.1) is 5.69 Å². The van der Waals surface area contributed by atoms with Crippen LogP contribution in [-0.4, -0.2) is 37.9 Å². The summed E-state index contributed by atoms with van der Waals surface area (Å²) in [5, 5.41) is 3.36. The van der Waals surface area contributed by atoms with Gasteiger partial charge in [0.2, 0.25) is 5.88 Å². The van der Waals surface area contributed by atoms with Crippen LogP contribution in [0.2, 0.25) is 0 Å². The first-order valence-corrected chi connectivity index (χ1v) is 8.24. The van der Waals surface area contributed by atoms with Crippen molar-refractivity contribution in [2.75, 3.05) is 20.8 Å². The SMILES string of the molecule is COC(OC)c1cccc(-c2cccc(O[C@H](C)C3CCN3)n2)c1. The van der Waals surface area contributed by atoms with Crippen molar-refractivity contribution in [2.45, 2.75) is 31.8 Å². The van der Waals surface area contributed by atoms with E-state index in [4.69, 9.17) is 14.2 Å². The van der Waals surface area contributed by atoms with Gasteiger partial charge in [-0.2, -0.15) is 0 Å². The number of nitrogens with zero attached hydrogens (tertiary/aromatic N) is 1. The summed E-state index contributed by atoms with van der Waals surface area (Å²) in [6.45, 7) is 3.15. The molecule has 0 spiro atoms. The summed E-state index contributed by atoms with van der Waals surface area (Å²) in [6, 6.07) is 14.3. The molecule has 128 valence electrons. The zero-order valence-corrected chi connectivity index (χ0v) is 14.4. The van der Waals surface area contributed by atoms with Gasteiger partial charge in [-0.05, 0) is 32.0 Å². The minimum absolute atomic E-state index is 0.110. The Morgan fingerprint density at radius 1 is 1.12 bits per heavy atom. The highest BCUT2D eigenvalue weighted by molar-refractivity contribution is 5.60. The average molecular weight is 328 g/mol. The summed E-state index contributed by atoms with van der Waals surface area (Å²) < 4.78 is 16.6. The van der Waals surface area contributed by atoms with Crippen LogP contribution in [0, 0.1) is 0 Å². The molecule has 1 saturated heterocycles. The van der Waals surface area contributed by atoms with Gasteiger partial charge < -0.3 is 19.5 Å². The minimum Gasteiger partial charge on any atom is -0.473 e. The Morgan fingerprint density at radius 2 is 1.88 bits per heavy atom. The lowest BCUT2D eigenvalue weighted by Crippen LogP contribution is -2.51. The first-order chi connectivity index (χ1) is 11.7. The Labute approximate surface area is 143 Å². The molecule has 1 aromatic carbocycles. The van der Waals surface area contributed by atoms with Crippen LogP contribution in [-0.2, 0) is 9.47 Å². The number of benzene rings is 1. The average Bonchev–Trinajstić information content (AvgIpc) is 2.55. The van der Waals surface area contributed by atoms with E-state index in [2.05, 4.69) is 17.2 Å². The molecular formula is C19H24N2O3. The van der Waals surface area contributed by atoms with E-state index in [9.17, 15) is 0 Å². The van der Waals surface area contributed by atoms with E-state index in [0.29, 0.717) is 11.9 Å². The van der Waals surface area contributed by atoms with E-state index in [0.717, 1.165) is 29.8 Å². The predicted molar refractivity (Wildman–Crippen MR) is 92.9 cm³/mol.